The van der Waals surface area contributed by atoms with Crippen molar-refractivity contribution < 1.29 is 9.53 Å². The second-order valence-corrected chi connectivity index (χ2v) is 6.87. The van der Waals surface area contributed by atoms with Crippen LogP contribution in [0.5, 0.6) is 5.75 Å². The Morgan fingerprint density at radius 2 is 2.07 bits per heavy atom. The standard InChI is InChI=1S/C20H23N5O2/c1-2-27-15-8-7-12-9-13(11-23-16(12)10-15)18-17(20(22)26)19(21)25(24-18)14-5-3-4-6-14/h7-11,14H,2-6,21H2,1H3,(H2,22,26). The number of carbonyl (C=O) groups is 1. The van der Waals surface area contributed by atoms with Crippen molar-refractivity contribution in [2.45, 2.75) is 38.6 Å². The lowest BCUT2D eigenvalue weighted by Crippen LogP contribution is -2.15. The van der Waals surface area contributed by atoms with E-state index in [9.17, 15) is 4.79 Å². The maximum atomic E-state index is 12.1. The molecule has 140 valence electrons. The summed E-state index contributed by atoms with van der Waals surface area (Å²) in [5.74, 6) is 0.549. The van der Waals surface area contributed by atoms with Crippen LogP contribution < -0.4 is 16.2 Å². The van der Waals surface area contributed by atoms with Crippen molar-refractivity contribution in [3.8, 4) is 17.0 Å². The summed E-state index contributed by atoms with van der Waals surface area (Å²) in [6.45, 7) is 2.54. The summed E-state index contributed by atoms with van der Waals surface area (Å²) < 4.78 is 7.29. The smallest absolute Gasteiger partial charge is 0.254 e. The van der Waals surface area contributed by atoms with Crippen molar-refractivity contribution in [3.63, 3.8) is 0 Å². The number of fused-ring (bicyclic) bond motifs is 1. The van der Waals surface area contributed by atoms with Crippen molar-refractivity contribution in [3.05, 3.63) is 36.0 Å². The van der Waals surface area contributed by atoms with Gasteiger partial charge in [-0.05, 0) is 38.0 Å². The van der Waals surface area contributed by atoms with Crippen molar-refractivity contribution in [2.75, 3.05) is 12.3 Å². The number of hydrogen-bond donors (Lipinski definition) is 2. The van der Waals surface area contributed by atoms with Crippen LogP contribution in [0.2, 0.25) is 0 Å². The van der Waals surface area contributed by atoms with Crippen LogP contribution in [0.1, 0.15) is 49.0 Å². The van der Waals surface area contributed by atoms with Gasteiger partial charge in [-0.2, -0.15) is 5.10 Å². The van der Waals surface area contributed by atoms with E-state index in [1.165, 1.54) is 0 Å². The van der Waals surface area contributed by atoms with Gasteiger partial charge in [-0.3, -0.25) is 9.78 Å². The van der Waals surface area contributed by atoms with Crippen molar-refractivity contribution in [1.29, 1.82) is 0 Å². The van der Waals surface area contributed by atoms with Gasteiger partial charge in [0.15, 0.2) is 0 Å². The van der Waals surface area contributed by atoms with Gasteiger partial charge >= 0.3 is 0 Å². The van der Waals surface area contributed by atoms with Crippen LogP contribution in [0.15, 0.2) is 30.5 Å². The molecule has 4 rings (SSSR count). The molecule has 0 aliphatic heterocycles. The number of benzene rings is 1. The molecule has 1 amide bonds. The van der Waals surface area contributed by atoms with Gasteiger partial charge in [0, 0.05) is 23.2 Å². The average Bonchev–Trinajstić information content (AvgIpc) is 3.29. The van der Waals surface area contributed by atoms with Crippen LogP contribution in [0, 0.1) is 0 Å². The number of carbonyl (C=O) groups excluding carboxylic acids is 1. The SMILES string of the molecule is CCOc1ccc2cc(-c3nn(C4CCCC4)c(N)c3C(N)=O)cnc2c1. The van der Waals surface area contributed by atoms with Gasteiger partial charge in [-0.15, -0.1) is 0 Å². The Bertz CT molecular complexity index is 1010. The maximum absolute atomic E-state index is 12.1. The van der Waals surface area contributed by atoms with Crippen LogP contribution in [0.3, 0.4) is 0 Å². The molecule has 2 heterocycles. The summed E-state index contributed by atoms with van der Waals surface area (Å²) >= 11 is 0. The second-order valence-electron chi connectivity index (χ2n) is 6.87. The number of pyridine rings is 1. The van der Waals surface area contributed by atoms with Crippen LogP contribution in [-0.4, -0.2) is 27.3 Å². The number of nitrogen functional groups attached to an aromatic ring is 1. The van der Waals surface area contributed by atoms with Crippen LogP contribution in [0.25, 0.3) is 22.2 Å². The van der Waals surface area contributed by atoms with Gasteiger partial charge in [-0.1, -0.05) is 12.8 Å². The normalized spacial score (nSPS) is 14.7. The Kier molecular flexibility index (Phi) is 4.43. The van der Waals surface area contributed by atoms with E-state index in [2.05, 4.69) is 10.1 Å². The molecule has 4 N–H and O–H groups in total. The number of anilines is 1. The first-order valence-electron chi connectivity index (χ1n) is 9.29. The fourth-order valence-electron chi connectivity index (χ4n) is 3.81. The zero-order valence-electron chi connectivity index (χ0n) is 15.3. The van der Waals surface area contributed by atoms with E-state index < -0.39 is 5.91 Å². The lowest BCUT2D eigenvalue weighted by molar-refractivity contribution is 0.100. The predicted molar refractivity (Wildman–Crippen MR) is 105 cm³/mol. The van der Waals surface area contributed by atoms with Gasteiger partial charge in [0.05, 0.1) is 18.2 Å². The van der Waals surface area contributed by atoms with Gasteiger partial charge in [-0.25, -0.2) is 4.68 Å². The summed E-state index contributed by atoms with van der Waals surface area (Å²) in [5, 5.41) is 5.59. The highest BCUT2D eigenvalue weighted by molar-refractivity contribution is 6.03. The Labute approximate surface area is 157 Å². The summed E-state index contributed by atoms with van der Waals surface area (Å²) in [6.07, 6.45) is 6.01. The minimum atomic E-state index is -0.571. The highest BCUT2D eigenvalue weighted by atomic mass is 16.5. The molecule has 0 saturated heterocycles. The zero-order chi connectivity index (χ0) is 19.0. The molecule has 1 aliphatic rings. The average molecular weight is 365 g/mol. The number of amides is 1. The third-order valence-electron chi connectivity index (χ3n) is 5.10. The molecular weight excluding hydrogens is 342 g/mol. The number of aromatic nitrogens is 3. The highest BCUT2D eigenvalue weighted by Crippen LogP contribution is 2.36. The minimum Gasteiger partial charge on any atom is -0.494 e. The van der Waals surface area contributed by atoms with Gasteiger partial charge in [0.2, 0.25) is 0 Å². The number of rotatable bonds is 5. The maximum Gasteiger partial charge on any atom is 0.254 e. The molecule has 3 aromatic rings. The quantitative estimate of drug-likeness (QED) is 0.721. The molecule has 1 fully saturated rings. The topological polar surface area (TPSA) is 109 Å². The van der Waals surface area contributed by atoms with E-state index in [1.807, 2.05) is 31.2 Å². The predicted octanol–water partition coefficient (Wildman–Crippen LogP) is 3.29. The molecule has 27 heavy (non-hydrogen) atoms. The number of hydrogen-bond acceptors (Lipinski definition) is 5. The van der Waals surface area contributed by atoms with E-state index in [4.69, 9.17) is 16.2 Å². The van der Waals surface area contributed by atoms with Crippen LogP contribution in [-0.2, 0) is 0 Å². The van der Waals surface area contributed by atoms with Crippen LogP contribution >= 0.6 is 0 Å². The lowest BCUT2D eigenvalue weighted by Gasteiger charge is -2.11. The molecule has 7 heteroatoms. The van der Waals surface area contributed by atoms with E-state index in [0.717, 1.165) is 47.9 Å². The molecule has 7 nitrogen and oxygen atoms in total. The molecular formula is C20H23N5O2. The molecule has 0 bridgehead atoms. The molecule has 1 saturated carbocycles. The largest absolute Gasteiger partial charge is 0.494 e. The Morgan fingerprint density at radius 3 is 2.78 bits per heavy atom. The highest BCUT2D eigenvalue weighted by Gasteiger charge is 2.27. The minimum absolute atomic E-state index is 0.221. The number of nitrogens with two attached hydrogens (primary N) is 2. The van der Waals surface area contributed by atoms with Crippen LogP contribution in [0.4, 0.5) is 5.82 Å². The lowest BCUT2D eigenvalue weighted by atomic mass is 10.1. The third-order valence-corrected chi connectivity index (χ3v) is 5.10. The van der Waals surface area contributed by atoms with Gasteiger partial charge < -0.3 is 16.2 Å². The van der Waals surface area contributed by atoms with Crippen molar-refractivity contribution in [2.24, 2.45) is 5.73 Å². The van der Waals surface area contributed by atoms with E-state index in [0.29, 0.717) is 18.1 Å². The number of nitrogens with zero attached hydrogens (tertiary/aromatic N) is 3. The van der Waals surface area contributed by atoms with Crippen molar-refractivity contribution >= 4 is 22.6 Å². The monoisotopic (exact) mass is 365 g/mol. The first kappa shape index (κ1) is 17.3. The Morgan fingerprint density at radius 1 is 1.30 bits per heavy atom. The van der Waals surface area contributed by atoms with E-state index in [1.54, 1.807) is 10.9 Å². The first-order chi connectivity index (χ1) is 13.1. The molecule has 0 spiro atoms. The zero-order valence-corrected chi connectivity index (χ0v) is 15.3. The van der Waals surface area contributed by atoms with E-state index in [-0.39, 0.29) is 11.6 Å². The fraction of sp³-hybridized carbons (Fsp3) is 0.350. The van der Waals surface area contributed by atoms with Gasteiger partial charge in [0.25, 0.3) is 5.91 Å². The molecule has 1 aliphatic carbocycles. The molecule has 0 unspecified atom stereocenters. The van der Waals surface area contributed by atoms with Crippen molar-refractivity contribution in [1.82, 2.24) is 14.8 Å². The molecule has 0 atom stereocenters. The Balaban J connectivity index is 1.81. The van der Waals surface area contributed by atoms with Gasteiger partial charge in [0.1, 0.15) is 22.8 Å². The summed E-state index contributed by atoms with van der Waals surface area (Å²) in [6, 6.07) is 7.91. The molecule has 2 aromatic heterocycles. The summed E-state index contributed by atoms with van der Waals surface area (Å²) in [7, 11) is 0. The Hall–Kier alpha value is -3.09. The number of primary amides is 1. The van der Waals surface area contributed by atoms with E-state index >= 15 is 0 Å². The first-order valence-corrected chi connectivity index (χ1v) is 9.29. The third kappa shape index (κ3) is 3.09. The second kappa shape index (κ2) is 6.90. The summed E-state index contributed by atoms with van der Waals surface area (Å²) in [4.78, 5) is 16.6. The number of ether oxygens (including phenoxy) is 1. The molecule has 1 aromatic carbocycles. The molecule has 0 radical (unpaired) electrons. The fourth-order valence-corrected chi connectivity index (χ4v) is 3.81. The summed E-state index contributed by atoms with van der Waals surface area (Å²) in [5.41, 5.74) is 14.2.